The lowest BCUT2D eigenvalue weighted by Gasteiger charge is -2.05. The van der Waals surface area contributed by atoms with Gasteiger partial charge >= 0.3 is 17.6 Å². The summed E-state index contributed by atoms with van der Waals surface area (Å²) < 4.78 is 9.38. The maximum atomic E-state index is 11.4. The van der Waals surface area contributed by atoms with Crippen LogP contribution in [-0.2, 0) is 35.3 Å². The minimum Gasteiger partial charge on any atom is -0.457 e. The van der Waals surface area contributed by atoms with E-state index >= 15 is 0 Å². The van der Waals surface area contributed by atoms with E-state index in [1.165, 1.54) is 0 Å². The van der Waals surface area contributed by atoms with Crippen LogP contribution in [0.25, 0.3) is 0 Å². The first-order valence-electron chi connectivity index (χ1n) is 6.55. The molecule has 11 nitrogen and oxygen atoms in total. The summed E-state index contributed by atoms with van der Waals surface area (Å²) >= 11 is 0. The van der Waals surface area contributed by atoms with Gasteiger partial charge in [-0.1, -0.05) is 0 Å². The zero-order valence-corrected chi connectivity index (χ0v) is 12.0. The van der Waals surface area contributed by atoms with Crippen LogP contribution in [0, 0.1) is 0 Å². The van der Waals surface area contributed by atoms with Crippen molar-refractivity contribution < 1.29 is 28.7 Å². The SMILES string of the molecule is O=C1CC(OC(=O)/C=C/C(=O)OCc2c[nH]c(=O)[nH]c2=O)C(=O)N1. The van der Waals surface area contributed by atoms with Crippen LogP contribution >= 0.6 is 0 Å². The van der Waals surface area contributed by atoms with Crippen molar-refractivity contribution in [3.8, 4) is 0 Å². The van der Waals surface area contributed by atoms with Gasteiger partial charge in [-0.15, -0.1) is 0 Å². The van der Waals surface area contributed by atoms with E-state index in [1.807, 2.05) is 10.3 Å². The predicted molar refractivity (Wildman–Crippen MR) is 74.3 cm³/mol. The Kier molecular flexibility index (Phi) is 5.04. The summed E-state index contributed by atoms with van der Waals surface area (Å²) in [5.74, 6) is -3.26. The van der Waals surface area contributed by atoms with Gasteiger partial charge in [-0.05, 0) is 0 Å². The maximum Gasteiger partial charge on any atom is 0.331 e. The lowest BCUT2D eigenvalue weighted by Crippen LogP contribution is -2.28. The van der Waals surface area contributed by atoms with E-state index in [-0.39, 0.29) is 12.0 Å². The number of nitrogens with one attached hydrogen (secondary N) is 3. The van der Waals surface area contributed by atoms with Crippen molar-refractivity contribution in [1.29, 1.82) is 0 Å². The molecule has 2 amide bonds. The van der Waals surface area contributed by atoms with Crippen molar-refractivity contribution in [3.63, 3.8) is 0 Å². The fourth-order valence-corrected chi connectivity index (χ4v) is 1.68. The van der Waals surface area contributed by atoms with E-state index in [1.54, 1.807) is 0 Å². The number of carbonyl (C=O) groups excluding carboxylic acids is 4. The van der Waals surface area contributed by atoms with Gasteiger partial charge in [0.05, 0.1) is 12.0 Å². The molecule has 1 fully saturated rings. The van der Waals surface area contributed by atoms with Gasteiger partial charge in [0.25, 0.3) is 11.5 Å². The Hall–Kier alpha value is -3.50. The van der Waals surface area contributed by atoms with E-state index in [2.05, 4.69) is 9.72 Å². The Morgan fingerprint density at radius 1 is 1.17 bits per heavy atom. The summed E-state index contributed by atoms with van der Waals surface area (Å²) in [6.07, 6.45) is 1.03. The van der Waals surface area contributed by atoms with E-state index in [9.17, 15) is 28.8 Å². The van der Waals surface area contributed by atoms with Crippen molar-refractivity contribution in [2.75, 3.05) is 0 Å². The van der Waals surface area contributed by atoms with Crippen LogP contribution in [-0.4, -0.2) is 39.8 Å². The summed E-state index contributed by atoms with van der Waals surface area (Å²) in [4.78, 5) is 71.2. The van der Waals surface area contributed by atoms with E-state index in [0.717, 1.165) is 18.3 Å². The quantitative estimate of drug-likeness (QED) is 0.304. The number of imide groups is 1. The molecule has 1 aromatic rings. The minimum absolute atomic E-state index is 0.0000608. The first kappa shape index (κ1) is 16.9. The summed E-state index contributed by atoms with van der Waals surface area (Å²) in [7, 11) is 0. The summed E-state index contributed by atoms with van der Waals surface area (Å²) in [6.45, 7) is -0.427. The van der Waals surface area contributed by atoms with Crippen LogP contribution < -0.4 is 16.6 Å². The van der Waals surface area contributed by atoms with Crippen molar-refractivity contribution in [2.24, 2.45) is 0 Å². The molecule has 24 heavy (non-hydrogen) atoms. The van der Waals surface area contributed by atoms with Gasteiger partial charge in [0.2, 0.25) is 5.91 Å². The molecule has 1 aliphatic rings. The number of H-pyrrole nitrogens is 2. The van der Waals surface area contributed by atoms with Gasteiger partial charge < -0.3 is 14.5 Å². The molecule has 1 aromatic heterocycles. The molecule has 0 radical (unpaired) electrons. The largest absolute Gasteiger partial charge is 0.457 e. The maximum absolute atomic E-state index is 11.4. The molecule has 0 aliphatic carbocycles. The Balaban J connectivity index is 1.83. The van der Waals surface area contributed by atoms with Crippen LogP contribution in [0.1, 0.15) is 12.0 Å². The van der Waals surface area contributed by atoms with E-state index in [0.29, 0.717) is 0 Å². The molecule has 11 heteroatoms. The van der Waals surface area contributed by atoms with Crippen LogP contribution in [0.2, 0.25) is 0 Å². The summed E-state index contributed by atoms with van der Waals surface area (Å²) in [5.41, 5.74) is -1.42. The summed E-state index contributed by atoms with van der Waals surface area (Å²) in [6, 6.07) is 0. The molecule has 1 atom stereocenters. The van der Waals surface area contributed by atoms with Gasteiger partial charge in [0.15, 0.2) is 6.10 Å². The third-order valence-corrected chi connectivity index (χ3v) is 2.81. The average molecular weight is 337 g/mol. The van der Waals surface area contributed by atoms with Crippen molar-refractivity contribution in [3.05, 3.63) is 44.8 Å². The highest BCUT2D eigenvalue weighted by molar-refractivity contribution is 6.06. The smallest absolute Gasteiger partial charge is 0.331 e. The van der Waals surface area contributed by atoms with Gasteiger partial charge in [-0.25, -0.2) is 14.4 Å². The first-order valence-corrected chi connectivity index (χ1v) is 6.55. The van der Waals surface area contributed by atoms with Crippen LogP contribution in [0.3, 0.4) is 0 Å². The second-order valence-corrected chi connectivity index (χ2v) is 4.58. The molecule has 1 aliphatic heterocycles. The topological polar surface area (TPSA) is 164 Å². The Labute approximate surface area is 132 Å². The van der Waals surface area contributed by atoms with Crippen molar-refractivity contribution >= 4 is 23.8 Å². The fraction of sp³-hybridized carbons (Fsp3) is 0.231. The predicted octanol–water partition coefficient (Wildman–Crippen LogP) is -2.38. The number of carbonyl (C=O) groups is 4. The highest BCUT2D eigenvalue weighted by Crippen LogP contribution is 2.06. The Morgan fingerprint density at radius 3 is 2.50 bits per heavy atom. The zero-order valence-electron chi connectivity index (χ0n) is 12.0. The molecule has 0 saturated carbocycles. The number of aromatic amines is 2. The van der Waals surface area contributed by atoms with Crippen LogP contribution in [0.5, 0.6) is 0 Å². The van der Waals surface area contributed by atoms with Gasteiger partial charge in [-0.2, -0.15) is 0 Å². The third kappa shape index (κ3) is 4.50. The lowest BCUT2D eigenvalue weighted by molar-refractivity contribution is -0.149. The molecule has 0 aromatic carbocycles. The summed E-state index contributed by atoms with van der Waals surface area (Å²) in [5, 5.41) is 1.96. The Bertz CT molecular complexity index is 834. The Morgan fingerprint density at radius 2 is 1.88 bits per heavy atom. The molecule has 2 rings (SSSR count). The second-order valence-electron chi connectivity index (χ2n) is 4.58. The second kappa shape index (κ2) is 7.17. The standard InChI is InChI=1S/C13H11N3O8/c17-8-3-7(12(21)15-8)24-10(19)2-1-9(18)23-5-6-4-14-13(22)16-11(6)20/h1-2,4,7H,3,5H2,(H,15,17,21)(H2,14,16,20,22)/b2-1+. The van der Waals surface area contributed by atoms with Crippen molar-refractivity contribution in [1.82, 2.24) is 15.3 Å². The number of ether oxygens (including phenoxy) is 2. The molecule has 0 spiro atoms. The van der Waals surface area contributed by atoms with Gasteiger partial charge in [0.1, 0.15) is 6.61 Å². The minimum atomic E-state index is -1.23. The molecule has 1 unspecified atom stereocenters. The van der Waals surface area contributed by atoms with Crippen molar-refractivity contribution in [2.45, 2.75) is 19.1 Å². The first-order chi connectivity index (χ1) is 11.3. The zero-order chi connectivity index (χ0) is 17.7. The van der Waals surface area contributed by atoms with E-state index < -0.39 is 47.7 Å². The van der Waals surface area contributed by atoms with Crippen LogP contribution in [0.4, 0.5) is 0 Å². The normalized spacial score (nSPS) is 16.9. The molecule has 3 N–H and O–H groups in total. The number of rotatable bonds is 5. The molecule has 0 bridgehead atoms. The monoisotopic (exact) mass is 337 g/mol. The highest BCUT2D eigenvalue weighted by Gasteiger charge is 2.33. The lowest BCUT2D eigenvalue weighted by atomic mass is 10.3. The molecule has 126 valence electrons. The van der Waals surface area contributed by atoms with Gasteiger partial charge in [-0.3, -0.25) is 24.7 Å². The van der Waals surface area contributed by atoms with Crippen LogP contribution in [0.15, 0.2) is 27.9 Å². The number of esters is 2. The average Bonchev–Trinajstić information content (AvgIpc) is 2.82. The van der Waals surface area contributed by atoms with E-state index in [4.69, 9.17) is 4.74 Å². The number of amides is 2. The number of hydrogen-bond donors (Lipinski definition) is 3. The number of hydrogen-bond acceptors (Lipinski definition) is 8. The fourth-order valence-electron chi connectivity index (χ4n) is 1.68. The third-order valence-electron chi connectivity index (χ3n) is 2.81. The molecule has 2 heterocycles. The molecule has 1 saturated heterocycles. The molecular weight excluding hydrogens is 326 g/mol. The highest BCUT2D eigenvalue weighted by atomic mass is 16.6. The van der Waals surface area contributed by atoms with Gasteiger partial charge in [0, 0.05) is 18.3 Å². The molecular formula is C13H11N3O8. The number of aromatic nitrogens is 2.